The van der Waals surface area contributed by atoms with Gasteiger partial charge in [0.15, 0.2) is 0 Å². The highest BCUT2D eigenvalue weighted by atomic mass is 32.2. The topological polar surface area (TPSA) is 115 Å². The number of hydrogen-bond donors (Lipinski definition) is 0. The van der Waals surface area contributed by atoms with E-state index in [1.165, 1.54) is 34.7 Å². The minimum atomic E-state index is -4.20. The predicted octanol–water partition coefficient (Wildman–Crippen LogP) is 7.94. The third-order valence-electron chi connectivity index (χ3n) is 9.09. The Hall–Kier alpha value is -5.19. The van der Waals surface area contributed by atoms with Crippen molar-refractivity contribution in [1.82, 2.24) is 9.29 Å². The van der Waals surface area contributed by atoms with Crippen LogP contribution in [0.25, 0.3) is 0 Å². The second-order valence-corrected chi connectivity index (χ2v) is 14.1. The van der Waals surface area contributed by atoms with E-state index in [2.05, 4.69) is 58.7 Å². The maximum atomic E-state index is 14.4. The van der Waals surface area contributed by atoms with Crippen molar-refractivity contribution in [3.8, 4) is 5.75 Å². The number of esters is 1. The van der Waals surface area contributed by atoms with E-state index < -0.39 is 22.0 Å². The number of carbonyl (C=O) groups excluding carboxylic acids is 1. The highest BCUT2D eigenvalue weighted by Gasteiger charge is 2.37. The molecule has 1 aliphatic carbocycles. The van der Waals surface area contributed by atoms with Gasteiger partial charge < -0.3 is 9.47 Å². The van der Waals surface area contributed by atoms with Crippen LogP contribution in [0.4, 0.5) is 5.69 Å². The number of methoxy groups -OCH3 is 1. The number of pyridine rings is 1. The van der Waals surface area contributed by atoms with Gasteiger partial charge in [-0.05, 0) is 95.8 Å². The molecule has 50 heavy (non-hydrogen) atoms. The van der Waals surface area contributed by atoms with Crippen molar-refractivity contribution < 1.29 is 22.7 Å². The van der Waals surface area contributed by atoms with E-state index in [0.29, 0.717) is 43.7 Å². The number of para-hydroxylation sites is 1. The van der Waals surface area contributed by atoms with Crippen LogP contribution in [0, 0.1) is 4.91 Å². The molecule has 256 valence electrons. The standard InChI is InChI=1S/C40H39N3O6S/c1-48-40(44)36-25-24-33-34(41-36)14-9-15-37(33)43(50(46,47)39-17-8-6-13-35(39)42-45)27-26-32-12-5-7-16-38(32)49-28-31-22-20-30(21-23-31)19-18-29-10-3-2-4-11-29/h2-8,10-13,16-17,20-25,37H,9,14-15,18-19,26-28H2,1H3. The average molecular weight is 690 g/mol. The molecule has 0 N–H and O–H groups in total. The lowest BCUT2D eigenvalue weighted by Gasteiger charge is -2.35. The Balaban J connectivity index is 1.22. The Morgan fingerprint density at radius 1 is 0.820 bits per heavy atom. The summed E-state index contributed by atoms with van der Waals surface area (Å²) in [6.07, 6.45) is 4.09. The first-order chi connectivity index (χ1) is 24.4. The summed E-state index contributed by atoms with van der Waals surface area (Å²) < 4.78 is 41.4. The van der Waals surface area contributed by atoms with Gasteiger partial charge in [-0.1, -0.05) is 91.0 Å². The first-order valence-corrected chi connectivity index (χ1v) is 18.2. The molecule has 1 heterocycles. The van der Waals surface area contributed by atoms with Crippen LogP contribution in [-0.2, 0) is 47.1 Å². The van der Waals surface area contributed by atoms with Crippen molar-refractivity contribution in [1.29, 1.82) is 0 Å². The SMILES string of the molecule is COC(=O)c1ccc2c(n1)CCCC2N(CCc1ccccc1OCc1ccc(CCc2ccccc2)cc1)S(=O)(=O)c1ccccc1N=O. The molecular weight excluding hydrogens is 651 g/mol. The smallest absolute Gasteiger partial charge is 0.356 e. The van der Waals surface area contributed by atoms with Crippen molar-refractivity contribution in [3.05, 3.63) is 159 Å². The maximum Gasteiger partial charge on any atom is 0.356 e. The first kappa shape index (κ1) is 34.7. The van der Waals surface area contributed by atoms with Crippen LogP contribution in [0.2, 0.25) is 0 Å². The first-order valence-electron chi connectivity index (χ1n) is 16.7. The number of fused-ring (bicyclic) bond motifs is 1. The summed E-state index contributed by atoms with van der Waals surface area (Å²) in [5, 5.41) is 3.02. The van der Waals surface area contributed by atoms with Crippen molar-refractivity contribution in [2.75, 3.05) is 13.7 Å². The van der Waals surface area contributed by atoms with Gasteiger partial charge in [0.1, 0.15) is 28.6 Å². The van der Waals surface area contributed by atoms with Crippen LogP contribution in [0.5, 0.6) is 5.75 Å². The summed E-state index contributed by atoms with van der Waals surface area (Å²) in [5.41, 5.74) is 5.84. The Morgan fingerprint density at radius 2 is 1.50 bits per heavy atom. The van der Waals surface area contributed by atoms with Crippen molar-refractivity contribution in [2.45, 2.75) is 56.1 Å². The van der Waals surface area contributed by atoms with Crippen LogP contribution in [0.15, 0.2) is 125 Å². The van der Waals surface area contributed by atoms with Gasteiger partial charge in [0.2, 0.25) is 10.0 Å². The fraction of sp³-hybridized carbons (Fsp3) is 0.250. The van der Waals surface area contributed by atoms with Crippen molar-refractivity contribution in [2.24, 2.45) is 5.18 Å². The fourth-order valence-electron chi connectivity index (χ4n) is 6.45. The minimum absolute atomic E-state index is 0.106. The Labute approximate surface area is 292 Å². The molecule has 0 saturated carbocycles. The van der Waals surface area contributed by atoms with Gasteiger partial charge in [-0.2, -0.15) is 4.31 Å². The Kier molecular flexibility index (Phi) is 11.1. The number of rotatable bonds is 14. The number of sulfonamides is 1. The molecule has 10 heteroatoms. The predicted molar refractivity (Wildman–Crippen MR) is 192 cm³/mol. The third kappa shape index (κ3) is 7.98. The van der Waals surface area contributed by atoms with Gasteiger partial charge >= 0.3 is 5.97 Å². The molecular formula is C40H39N3O6S. The summed E-state index contributed by atoms with van der Waals surface area (Å²) in [6.45, 7) is 0.468. The van der Waals surface area contributed by atoms with Crippen LogP contribution in [-0.4, -0.2) is 37.3 Å². The summed E-state index contributed by atoms with van der Waals surface area (Å²) in [7, 11) is -2.91. The second-order valence-electron chi connectivity index (χ2n) is 12.3. The van der Waals surface area contributed by atoms with Crippen LogP contribution >= 0.6 is 0 Å². The molecule has 6 rings (SSSR count). The highest BCUT2D eigenvalue weighted by molar-refractivity contribution is 7.89. The lowest BCUT2D eigenvalue weighted by Crippen LogP contribution is -2.38. The van der Waals surface area contributed by atoms with Gasteiger partial charge in [-0.3, -0.25) is 0 Å². The molecule has 0 radical (unpaired) electrons. The molecule has 4 aromatic carbocycles. The fourth-order valence-corrected chi connectivity index (χ4v) is 8.21. The molecule has 0 amide bonds. The van der Waals surface area contributed by atoms with Crippen LogP contribution < -0.4 is 4.74 Å². The zero-order chi connectivity index (χ0) is 34.9. The number of ether oxygens (including phenoxy) is 2. The molecule has 0 fully saturated rings. The number of benzene rings is 4. The minimum Gasteiger partial charge on any atom is -0.489 e. The number of nitrogens with zero attached hydrogens (tertiary/aromatic N) is 3. The van der Waals surface area contributed by atoms with Gasteiger partial charge in [0.25, 0.3) is 0 Å². The lowest BCUT2D eigenvalue weighted by molar-refractivity contribution is 0.0593. The summed E-state index contributed by atoms with van der Waals surface area (Å²) in [5.74, 6) is 0.113. The molecule has 0 spiro atoms. The largest absolute Gasteiger partial charge is 0.489 e. The summed E-state index contributed by atoms with van der Waals surface area (Å²) in [4.78, 5) is 28.3. The number of aromatic nitrogens is 1. The molecule has 1 atom stereocenters. The monoisotopic (exact) mass is 689 g/mol. The normalized spacial score (nSPS) is 14.2. The number of hydrogen-bond acceptors (Lipinski definition) is 8. The number of carbonyl (C=O) groups is 1. The van der Waals surface area contributed by atoms with E-state index in [1.54, 1.807) is 24.3 Å². The van der Waals surface area contributed by atoms with Crippen LogP contribution in [0.1, 0.15) is 62.9 Å². The van der Waals surface area contributed by atoms with Crippen molar-refractivity contribution in [3.63, 3.8) is 0 Å². The maximum absolute atomic E-state index is 14.4. The molecule has 1 aromatic heterocycles. The molecule has 0 saturated heterocycles. The van der Waals surface area contributed by atoms with E-state index >= 15 is 0 Å². The van der Waals surface area contributed by atoms with Gasteiger partial charge in [0, 0.05) is 12.2 Å². The molecule has 9 nitrogen and oxygen atoms in total. The van der Waals surface area contributed by atoms with E-state index in [4.69, 9.17) is 9.47 Å². The molecule has 0 bridgehead atoms. The van der Waals surface area contributed by atoms with Gasteiger partial charge in [-0.25, -0.2) is 18.2 Å². The molecule has 1 unspecified atom stereocenters. The zero-order valence-electron chi connectivity index (χ0n) is 27.9. The van der Waals surface area contributed by atoms with E-state index in [9.17, 15) is 18.1 Å². The summed E-state index contributed by atoms with van der Waals surface area (Å²) in [6, 6.07) is 35.2. The van der Waals surface area contributed by atoms with E-state index in [0.717, 1.165) is 29.5 Å². The lowest BCUT2D eigenvalue weighted by atomic mass is 9.90. The van der Waals surface area contributed by atoms with Crippen LogP contribution in [0.3, 0.4) is 0 Å². The number of nitroso groups, excluding NO2 is 1. The average Bonchev–Trinajstić information content (AvgIpc) is 3.17. The molecule has 5 aromatic rings. The quantitative estimate of drug-likeness (QED) is 0.0859. The second kappa shape index (κ2) is 16.0. The Morgan fingerprint density at radius 3 is 2.26 bits per heavy atom. The van der Waals surface area contributed by atoms with Crippen molar-refractivity contribution >= 4 is 21.7 Å². The molecule has 0 aliphatic heterocycles. The Bertz CT molecular complexity index is 2050. The van der Waals surface area contributed by atoms with E-state index in [1.807, 2.05) is 30.3 Å². The zero-order valence-corrected chi connectivity index (χ0v) is 28.7. The van der Waals surface area contributed by atoms with Gasteiger partial charge in [-0.15, -0.1) is 4.91 Å². The van der Waals surface area contributed by atoms with E-state index in [-0.39, 0.29) is 22.8 Å². The highest BCUT2D eigenvalue weighted by Crippen LogP contribution is 2.39. The third-order valence-corrected chi connectivity index (χ3v) is 11.0. The van der Waals surface area contributed by atoms with Gasteiger partial charge in [0.05, 0.1) is 13.2 Å². The summed E-state index contributed by atoms with van der Waals surface area (Å²) >= 11 is 0. The number of aryl methyl sites for hydroxylation is 3. The molecule has 1 aliphatic rings.